The second-order valence-corrected chi connectivity index (χ2v) is 10.8. The van der Waals surface area contributed by atoms with E-state index in [0.29, 0.717) is 11.3 Å². The number of rotatable bonds is 7. The molecule has 1 unspecified atom stereocenters. The van der Waals surface area contributed by atoms with Gasteiger partial charge in [-0.3, -0.25) is 9.11 Å². The number of hydrogen-bond acceptors (Lipinski definition) is 6. The fourth-order valence-electron chi connectivity index (χ4n) is 3.71. The third-order valence-electron chi connectivity index (χ3n) is 5.35. The molecule has 2 N–H and O–H groups in total. The molecule has 0 saturated heterocycles. The molecular weight excluding hydrogens is 510 g/mol. The van der Waals surface area contributed by atoms with E-state index in [-0.39, 0.29) is 80.0 Å². The monoisotopic (exact) mass is 538 g/mol. The molecule has 3 rings (SSSR count). The summed E-state index contributed by atoms with van der Waals surface area (Å²) in [4.78, 5) is 2.89. The summed E-state index contributed by atoms with van der Waals surface area (Å²) in [5.74, 6) is -0.910. The Balaban J connectivity index is 0.00000306. The van der Waals surface area contributed by atoms with Gasteiger partial charge in [-0.2, -0.15) is 16.8 Å². The zero-order valence-corrected chi connectivity index (χ0v) is 20.3. The second kappa shape index (κ2) is 12.6. The second-order valence-electron chi connectivity index (χ2n) is 8.02. The first kappa shape index (κ1) is 32.1. The molecule has 180 valence electrons. The van der Waals surface area contributed by atoms with Crippen molar-refractivity contribution in [2.45, 2.75) is 15.7 Å². The number of nitrogens with zero attached hydrogens (tertiary/aromatic N) is 2. The molecule has 35 heavy (non-hydrogen) atoms. The van der Waals surface area contributed by atoms with Crippen molar-refractivity contribution in [1.29, 1.82) is 0 Å². The van der Waals surface area contributed by atoms with Gasteiger partial charge in [-0.05, 0) is 47.0 Å². The predicted molar refractivity (Wildman–Crippen MR) is 143 cm³/mol. The van der Waals surface area contributed by atoms with Gasteiger partial charge in [0.05, 0.1) is 4.90 Å². The number of benzene rings is 3. The van der Waals surface area contributed by atoms with Crippen LogP contribution in [0.1, 0.15) is 22.6 Å². The molecule has 0 bridgehead atoms. The first-order chi connectivity index (χ1) is 15.3. The van der Waals surface area contributed by atoms with Gasteiger partial charge in [-0.15, -0.1) is 0 Å². The van der Waals surface area contributed by atoms with E-state index >= 15 is 0 Å². The summed E-state index contributed by atoms with van der Waals surface area (Å²) in [6.07, 6.45) is 0. The summed E-state index contributed by atoms with van der Waals surface area (Å²) in [6.45, 7) is 0. The van der Waals surface area contributed by atoms with Crippen LogP contribution in [0.3, 0.4) is 0 Å². The van der Waals surface area contributed by atoms with Crippen LogP contribution in [0.4, 0.5) is 11.4 Å². The summed E-state index contributed by atoms with van der Waals surface area (Å²) in [6, 6.07) is 17.6. The Morgan fingerprint density at radius 1 is 0.629 bits per heavy atom. The van der Waals surface area contributed by atoms with Crippen LogP contribution in [0, 0.1) is 0 Å². The van der Waals surface area contributed by atoms with Gasteiger partial charge in [-0.1, -0.05) is 36.4 Å². The van der Waals surface area contributed by atoms with E-state index in [1.165, 1.54) is 24.3 Å². The Bertz CT molecular complexity index is 1380. The molecule has 0 saturated carbocycles. The van der Waals surface area contributed by atoms with E-state index in [0.717, 1.165) is 5.69 Å². The van der Waals surface area contributed by atoms with Crippen molar-refractivity contribution in [3.8, 4) is 0 Å². The van der Waals surface area contributed by atoms with Crippen LogP contribution in [0.25, 0.3) is 0 Å². The Hall–Kier alpha value is -0.920. The minimum absolute atomic E-state index is 0. The molecule has 0 aromatic heterocycles. The topological polar surface area (TPSA) is 115 Å². The van der Waals surface area contributed by atoms with Crippen LogP contribution in [0.5, 0.6) is 0 Å². The molecule has 8 nitrogen and oxygen atoms in total. The molecule has 0 radical (unpaired) electrons. The molecule has 3 aromatic rings. The quantitative estimate of drug-likeness (QED) is 0.267. The van der Waals surface area contributed by atoms with Crippen molar-refractivity contribution in [2.75, 3.05) is 38.0 Å². The summed E-state index contributed by atoms with van der Waals surface area (Å²) < 4.78 is 69.0. The van der Waals surface area contributed by atoms with Crippen molar-refractivity contribution < 1.29 is 25.9 Å². The van der Waals surface area contributed by atoms with Gasteiger partial charge in [0.15, 0.2) is 0 Å². The summed E-state index contributed by atoms with van der Waals surface area (Å²) in [5.41, 5.74) is 2.37. The maximum absolute atomic E-state index is 12.4. The normalized spacial score (nSPS) is 12.2. The number of hydrogen-bond donors (Lipinski definition) is 2. The molecular formula is C23H28N2Na2O6S2. The SMILES string of the molecule is CN(C)c1ccc(C(c2ccccc2S(=O)(=O)O)c2ccc(N(C)C)cc2S(=O)(=O)O)cc1.[NaH].[NaH]. The summed E-state index contributed by atoms with van der Waals surface area (Å²) in [5, 5.41) is 0. The molecule has 0 aliphatic heterocycles. The Morgan fingerprint density at radius 3 is 1.57 bits per heavy atom. The van der Waals surface area contributed by atoms with Crippen molar-refractivity contribution in [1.82, 2.24) is 0 Å². The van der Waals surface area contributed by atoms with Gasteiger partial charge in [0, 0.05) is 45.5 Å². The van der Waals surface area contributed by atoms with Crippen molar-refractivity contribution in [2.24, 2.45) is 0 Å². The molecule has 0 fully saturated rings. The first-order valence-corrected chi connectivity index (χ1v) is 12.8. The Morgan fingerprint density at radius 2 is 1.09 bits per heavy atom. The standard InChI is InChI=1S/C23H26N2O6S2.2Na.2H/c1-24(2)17-11-9-16(10-12-17)23(19-7-5-6-8-21(19)32(26,27)28)20-14-13-18(25(3)4)15-22(20)33(29,30)31;;;;/h5-15,23H,1-4H3,(H,26,27,28)(H,29,30,31);;;;. The summed E-state index contributed by atoms with van der Waals surface area (Å²) >= 11 is 0. The molecule has 0 heterocycles. The van der Waals surface area contributed by atoms with Gasteiger partial charge >= 0.3 is 59.1 Å². The molecule has 0 amide bonds. The van der Waals surface area contributed by atoms with Gasteiger partial charge in [-0.25, -0.2) is 0 Å². The van der Waals surface area contributed by atoms with Crippen molar-refractivity contribution >= 4 is 90.7 Å². The van der Waals surface area contributed by atoms with E-state index < -0.39 is 26.2 Å². The van der Waals surface area contributed by atoms with Gasteiger partial charge in [0.2, 0.25) is 0 Å². The fraction of sp³-hybridized carbons (Fsp3) is 0.217. The van der Waals surface area contributed by atoms with E-state index in [9.17, 15) is 25.9 Å². The number of anilines is 2. The fourth-order valence-corrected chi connectivity index (χ4v) is 5.20. The van der Waals surface area contributed by atoms with Gasteiger partial charge < -0.3 is 9.80 Å². The van der Waals surface area contributed by atoms with Crippen molar-refractivity contribution in [3.63, 3.8) is 0 Å². The van der Waals surface area contributed by atoms with Crippen LogP contribution >= 0.6 is 0 Å². The van der Waals surface area contributed by atoms with Crippen LogP contribution in [-0.4, -0.2) is 113 Å². The van der Waals surface area contributed by atoms with Crippen LogP contribution in [0.15, 0.2) is 76.5 Å². The Kier molecular flexibility index (Phi) is 11.5. The van der Waals surface area contributed by atoms with Gasteiger partial charge in [0.1, 0.15) is 4.90 Å². The summed E-state index contributed by atoms with van der Waals surface area (Å²) in [7, 11) is -2.08. The van der Waals surface area contributed by atoms with Crippen LogP contribution < -0.4 is 9.80 Å². The maximum atomic E-state index is 12.4. The van der Waals surface area contributed by atoms with Crippen LogP contribution in [-0.2, 0) is 20.2 Å². The van der Waals surface area contributed by atoms with Gasteiger partial charge in [0.25, 0.3) is 20.2 Å². The average molecular weight is 539 g/mol. The van der Waals surface area contributed by atoms with E-state index in [1.54, 1.807) is 49.3 Å². The van der Waals surface area contributed by atoms with Crippen LogP contribution in [0.2, 0.25) is 0 Å². The average Bonchev–Trinajstić information content (AvgIpc) is 2.73. The molecule has 12 heteroatoms. The molecule has 0 spiro atoms. The molecule has 0 aliphatic carbocycles. The first-order valence-electron chi connectivity index (χ1n) is 9.93. The predicted octanol–water partition coefficient (Wildman–Crippen LogP) is 2.20. The van der Waals surface area contributed by atoms with E-state index in [4.69, 9.17) is 0 Å². The molecule has 3 aromatic carbocycles. The third kappa shape index (κ3) is 7.54. The molecule has 0 aliphatic rings. The Labute approximate surface area is 251 Å². The zero-order valence-electron chi connectivity index (χ0n) is 18.7. The van der Waals surface area contributed by atoms with E-state index in [1.807, 2.05) is 31.1 Å². The third-order valence-corrected chi connectivity index (χ3v) is 7.19. The zero-order chi connectivity index (χ0) is 24.6. The molecule has 1 atom stereocenters. The minimum atomic E-state index is -4.67. The van der Waals surface area contributed by atoms with Crippen molar-refractivity contribution in [3.05, 3.63) is 83.4 Å². The van der Waals surface area contributed by atoms with E-state index in [2.05, 4.69) is 0 Å².